The molecule has 0 aliphatic carbocycles. The third-order valence-electron chi connectivity index (χ3n) is 7.93. The van der Waals surface area contributed by atoms with Crippen molar-refractivity contribution >= 4 is 16.1 Å². The Morgan fingerprint density at radius 1 is 1.05 bits per heavy atom. The molecule has 0 spiro atoms. The van der Waals surface area contributed by atoms with Crippen LogP contribution in [-0.2, 0) is 51.9 Å². The zero-order valence-corrected chi connectivity index (χ0v) is 26.0. The number of fused-ring (bicyclic) bond motifs is 1. The Bertz CT molecular complexity index is 1200. The van der Waals surface area contributed by atoms with Gasteiger partial charge in [-0.2, -0.15) is 0 Å². The van der Waals surface area contributed by atoms with Gasteiger partial charge in [-0.25, -0.2) is 4.57 Å². The Hall–Kier alpha value is -2.04. The first-order chi connectivity index (χ1) is 18.9. The Morgan fingerprint density at radius 2 is 1.65 bits per heavy atom. The van der Waals surface area contributed by atoms with Crippen LogP contribution in [-0.4, -0.2) is 39.5 Å². The van der Waals surface area contributed by atoms with E-state index in [-0.39, 0.29) is 24.9 Å². The van der Waals surface area contributed by atoms with Crippen LogP contribution in [0, 0.1) is 5.92 Å². The smallest absolute Gasteiger partial charge is 0.392 e. The molecule has 2 heterocycles. The molecular weight excluding hydrogens is 549 g/mol. The lowest BCUT2D eigenvalue weighted by Crippen LogP contribution is -2.58. The van der Waals surface area contributed by atoms with Crippen LogP contribution in [0.1, 0.15) is 44.4 Å². The van der Waals surface area contributed by atoms with E-state index < -0.39 is 46.6 Å². The van der Waals surface area contributed by atoms with Crippen molar-refractivity contribution in [1.29, 1.82) is 0 Å². The monoisotopic (exact) mass is 589 g/mol. The number of hydrogen-bond donors (Lipinski definition) is 0. The second kappa shape index (κ2) is 12.9. The van der Waals surface area contributed by atoms with Gasteiger partial charge in [-0.15, -0.1) is 0 Å². The average molecular weight is 590 g/mol. The zero-order chi connectivity index (χ0) is 29.0. The summed E-state index contributed by atoms with van der Waals surface area (Å²) in [5.41, 5.74) is 12.2. The van der Waals surface area contributed by atoms with E-state index >= 15 is 0 Å². The minimum absolute atomic E-state index is 0.0848. The van der Waals surface area contributed by atoms with E-state index in [9.17, 15) is 10.1 Å². The van der Waals surface area contributed by atoms with Crippen LogP contribution in [0.15, 0.2) is 59.7 Å². The highest BCUT2D eigenvalue weighted by atomic mass is 31.2. The number of phosphoric acid groups is 1. The standard InChI is InChI=1S/C28H40N3O7PSi/c1-20-25(30-31-29)27(38-40(5,6)28(2,3)4)36-24(19-33-16-21-12-8-7-9-13-21)26(20)37-39(32)34-17-22-14-10-11-15-23(22)18-35-39/h7-15,20,24-27H,16-19H2,1-6H3/t20-,24?,25?,26+,27+/m1/s1. The number of ether oxygens (including phenoxy) is 2. The number of azide groups is 1. The molecule has 0 saturated carbocycles. The summed E-state index contributed by atoms with van der Waals surface area (Å²) in [6.07, 6.45) is -2.34. The van der Waals surface area contributed by atoms with Crippen molar-refractivity contribution in [2.45, 2.75) is 90.2 Å². The van der Waals surface area contributed by atoms with Gasteiger partial charge in [0.05, 0.1) is 32.5 Å². The maximum Gasteiger partial charge on any atom is 0.475 e. The van der Waals surface area contributed by atoms with Crippen molar-refractivity contribution in [2.24, 2.45) is 11.0 Å². The lowest BCUT2D eigenvalue weighted by atomic mass is 9.89. The van der Waals surface area contributed by atoms with Gasteiger partial charge in [0.25, 0.3) is 0 Å². The summed E-state index contributed by atoms with van der Waals surface area (Å²) >= 11 is 0. The van der Waals surface area contributed by atoms with Gasteiger partial charge in [0, 0.05) is 4.91 Å². The summed E-state index contributed by atoms with van der Waals surface area (Å²) in [4.78, 5) is 3.08. The molecule has 0 radical (unpaired) electrons. The van der Waals surface area contributed by atoms with Gasteiger partial charge in [0.1, 0.15) is 12.2 Å². The molecule has 5 atom stereocenters. The molecule has 218 valence electrons. The van der Waals surface area contributed by atoms with Crippen LogP contribution in [0.2, 0.25) is 18.1 Å². The largest absolute Gasteiger partial charge is 0.475 e. The minimum atomic E-state index is -4.01. The number of nitrogens with zero attached hydrogens (tertiary/aromatic N) is 3. The van der Waals surface area contributed by atoms with E-state index in [4.69, 9.17) is 27.5 Å². The van der Waals surface area contributed by atoms with Gasteiger partial charge in [-0.1, -0.05) is 87.4 Å². The lowest BCUT2D eigenvalue weighted by molar-refractivity contribution is -0.228. The van der Waals surface area contributed by atoms with E-state index in [0.717, 1.165) is 16.7 Å². The molecule has 0 bridgehead atoms. The van der Waals surface area contributed by atoms with Crippen molar-refractivity contribution in [1.82, 2.24) is 0 Å². The highest BCUT2D eigenvalue weighted by Crippen LogP contribution is 2.56. The topological polar surface area (TPSA) is 121 Å². The van der Waals surface area contributed by atoms with Crippen LogP contribution in [0.5, 0.6) is 0 Å². The Labute approximate surface area is 237 Å². The molecule has 2 aliphatic rings. The van der Waals surface area contributed by atoms with E-state index in [1.165, 1.54) is 0 Å². The van der Waals surface area contributed by atoms with E-state index in [0.29, 0.717) is 6.61 Å². The zero-order valence-electron chi connectivity index (χ0n) is 24.1. The van der Waals surface area contributed by atoms with E-state index in [1.807, 2.05) is 61.5 Å². The van der Waals surface area contributed by atoms with Crippen molar-refractivity contribution in [3.8, 4) is 0 Å². The highest BCUT2D eigenvalue weighted by molar-refractivity contribution is 7.48. The first-order valence-electron chi connectivity index (χ1n) is 13.6. The maximum atomic E-state index is 13.8. The molecular formula is C28H40N3O7PSi. The summed E-state index contributed by atoms with van der Waals surface area (Å²) in [7, 11) is -6.33. The molecule has 40 heavy (non-hydrogen) atoms. The highest BCUT2D eigenvalue weighted by Gasteiger charge is 2.51. The van der Waals surface area contributed by atoms with Gasteiger partial charge >= 0.3 is 7.82 Å². The average Bonchev–Trinajstić information content (AvgIpc) is 3.07. The lowest BCUT2D eigenvalue weighted by Gasteiger charge is -2.48. The predicted octanol–water partition coefficient (Wildman–Crippen LogP) is 7.51. The van der Waals surface area contributed by atoms with E-state index in [1.54, 1.807) is 0 Å². The molecule has 0 aromatic heterocycles. The minimum Gasteiger partial charge on any atom is -0.392 e. The van der Waals surface area contributed by atoms with Crippen molar-refractivity contribution in [2.75, 3.05) is 6.61 Å². The molecule has 1 fully saturated rings. The van der Waals surface area contributed by atoms with Gasteiger partial charge in [-0.3, -0.25) is 13.6 Å². The maximum absolute atomic E-state index is 13.8. The Morgan fingerprint density at radius 3 is 2.23 bits per heavy atom. The third kappa shape index (κ3) is 7.42. The number of benzene rings is 2. The molecule has 2 aromatic carbocycles. The summed E-state index contributed by atoms with van der Waals surface area (Å²) < 4.78 is 50.5. The summed E-state index contributed by atoms with van der Waals surface area (Å²) in [6.45, 7) is 13.1. The SMILES string of the molecule is C[C@@H]1C(N=[N+]=[N-])[C@H](O[Si](C)(C)C(C)(C)C)OC(COCc2ccccc2)[C@H]1OP1(=O)OCc2ccccc2CO1. The first kappa shape index (κ1) is 30.9. The van der Waals surface area contributed by atoms with Crippen LogP contribution in [0.4, 0.5) is 0 Å². The molecule has 12 heteroatoms. The van der Waals surface area contributed by atoms with Crippen LogP contribution in [0.3, 0.4) is 0 Å². The second-order valence-corrected chi connectivity index (χ2v) is 18.2. The third-order valence-corrected chi connectivity index (χ3v) is 13.8. The van der Waals surface area contributed by atoms with Crippen molar-refractivity contribution in [3.05, 3.63) is 81.7 Å². The summed E-state index contributed by atoms with van der Waals surface area (Å²) in [5.74, 6) is -0.451. The van der Waals surface area contributed by atoms with Crippen molar-refractivity contribution < 1.29 is 32.0 Å². The van der Waals surface area contributed by atoms with Gasteiger partial charge < -0.3 is 13.9 Å². The quantitative estimate of drug-likeness (QED) is 0.0975. The van der Waals surface area contributed by atoms with Crippen LogP contribution in [0.25, 0.3) is 10.4 Å². The predicted molar refractivity (Wildman–Crippen MR) is 154 cm³/mol. The van der Waals surface area contributed by atoms with Gasteiger partial charge in [0.15, 0.2) is 14.6 Å². The van der Waals surface area contributed by atoms with E-state index in [2.05, 4.69) is 43.9 Å². The fourth-order valence-corrected chi connectivity index (χ4v) is 6.99. The molecule has 2 aliphatic heterocycles. The number of rotatable bonds is 9. The van der Waals surface area contributed by atoms with Crippen LogP contribution < -0.4 is 0 Å². The normalized spacial score (nSPS) is 26.8. The Kier molecular flexibility index (Phi) is 9.94. The molecule has 0 amide bonds. The molecule has 2 aromatic rings. The molecule has 4 rings (SSSR count). The van der Waals surface area contributed by atoms with Gasteiger partial charge in [-0.05, 0) is 46.3 Å². The molecule has 1 saturated heterocycles. The molecule has 0 N–H and O–H groups in total. The summed E-state index contributed by atoms with van der Waals surface area (Å²) in [6, 6.07) is 16.6. The van der Waals surface area contributed by atoms with Gasteiger partial charge in [0.2, 0.25) is 0 Å². The first-order valence-corrected chi connectivity index (χ1v) is 17.9. The van der Waals surface area contributed by atoms with Crippen LogP contribution >= 0.6 is 7.82 Å². The summed E-state index contributed by atoms with van der Waals surface area (Å²) in [5, 5.41) is 3.95. The fraction of sp³-hybridized carbons (Fsp3) is 0.571. The molecule has 2 unspecified atom stereocenters. The Balaban J connectivity index is 1.58. The number of phosphoric ester groups is 1. The van der Waals surface area contributed by atoms with Crippen molar-refractivity contribution in [3.63, 3.8) is 0 Å². The second-order valence-electron chi connectivity index (χ2n) is 11.8. The fourth-order valence-electron chi connectivity index (χ4n) is 4.44. The molecule has 10 nitrogen and oxygen atoms in total. The number of hydrogen-bond acceptors (Lipinski definition) is 8.